The van der Waals surface area contributed by atoms with E-state index in [1.54, 1.807) is 18.5 Å². The molecule has 1 amide bonds. The molecule has 1 saturated heterocycles. The zero-order chi connectivity index (χ0) is 25.9. The van der Waals surface area contributed by atoms with Crippen molar-refractivity contribution in [2.24, 2.45) is 0 Å². The molecule has 0 radical (unpaired) electrons. The minimum Gasteiger partial charge on any atom is -0.368 e. The Bertz CT molecular complexity index is 1400. The van der Waals surface area contributed by atoms with Crippen LogP contribution < -0.4 is 10.2 Å². The molecular weight excluding hydrogens is 476 g/mol. The second-order valence-electron chi connectivity index (χ2n) is 9.37. The first-order chi connectivity index (χ1) is 17.9. The average molecular weight is 506 g/mol. The number of amides is 1. The molecular formula is C27H29F2N7O. The summed E-state index contributed by atoms with van der Waals surface area (Å²) < 4.78 is 27.9. The maximum absolute atomic E-state index is 14.1. The number of halogens is 2. The summed E-state index contributed by atoms with van der Waals surface area (Å²) >= 11 is 0. The number of carbonyl (C=O) groups excluding carboxylic acids is 1. The fourth-order valence-electron chi connectivity index (χ4n) is 4.51. The van der Waals surface area contributed by atoms with E-state index in [2.05, 4.69) is 25.2 Å². The number of aromatic nitrogens is 3. The first-order valence-electron chi connectivity index (χ1n) is 12.2. The van der Waals surface area contributed by atoms with E-state index in [-0.39, 0.29) is 11.4 Å². The van der Waals surface area contributed by atoms with Gasteiger partial charge in [-0.2, -0.15) is 0 Å². The van der Waals surface area contributed by atoms with Crippen LogP contribution in [0.25, 0.3) is 22.2 Å². The lowest BCUT2D eigenvalue weighted by atomic mass is 10.1. The molecule has 2 aromatic heterocycles. The van der Waals surface area contributed by atoms with Crippen LogP contribution in [0.3, 0.4) is 0 Å². The molecule has 5 rings (SSSR count). The maximum Gasteiger partial charge on any atom is 0.227 e. The summed E-state index contributed by atoms with van der Waals surface area (Å²) in [6, 6.07) is 11.8. The van der Waals surface area contributed by atoms with Crippen molar-refractivity contribution in [1.29, 1.82) is 0 Å². The van der Waals surface area contributed by atoms with Crippen LogP contribution >= 0.6 is 0 Å². The monoisotopic (exact) mass is 505 g/mol. The van der Waals surface area contributed by atoms with Crippen molar-refractivity contribution < 1.29 is 13.6 Å². The van der Waals surface area contributed by atoms with Crippen LogP contribution in [-0.4, -0.2) is 77.5 Å². The van der Waals surface area contributed by atoms with Gasteiger partial charge in [0.2, 0.25) is 11.9 Å². The number of hydrogen-bond donors (Lipinski definition) is 2. The second kappa shape index (κ2) is 10.5. The summed E-state index contributed by atoms with van der Waals surface area (Å²) in [4.78, 5) is 30.3. The number of piperazine rings is 1. The van der Waals surface area contributed by atoms with Crippen LogP contribution in [0, 0.1) is 11.6 Å². The first-order valence-corrected chi connectivity index (χ1v) is 12.2. The van der Waals surface area contributed by atoms with Gasteiger partial charge in [-0.1, -0.05) is 0 Å². The molecule has 0 bridgehead atoms. The third kappa shape index (κ3) is 5.54. The topological polar surface area (TPSA) is 80.4 Å². The van der Waals surface area contributed by atoms with Crippen LogP contribution in [0.1, 0.15) is 6.42 Å². The molecule has 0 unspecified atom stereocenters. The van der Waals surface area contributed by atoms with Gasteiger partial charge in [-0.05, 0) is 50.5 Å². The molecule has 10 heteroatoms. The standard InChI is InChI=1S/C27H29F2N7O/c1-34(2)10-8-25(37)36-13-11-35(12-14-36)20-5-3-19(4-6-20)32-27-30-9-7-24(33-27)22-17-31-26-21(22)15-18(28)16-23(26)29/h3-7,9,15-17,31H,8,10-14H2,1-2H3,(H,30,32,33). The van der Waals surface area contributed by atoms with E-state index < -0.39 is 11.6 Å². The third-order valence-corrected chi connectivity index (χ3v) is 6.53. The Balaban J connectivity index is 1.23. The lowest BCUT2D eigenvalue weighted by Gasteiger charge is -2.36. The fraction of sp³-hybridized carbons (Fsp3) is 0.296. The highest BCUT2D eigenvalue weighted by atomic mass is 19.1. The van der Waals surface area contributed by atoms with Gasteiger partial charge in [0, 0.05) is 79.9 Å². The molecule has 1 aliphatic heterocycles. The maximum atomic E-state index is 14.1. The third-order valence-electron chi connectivity index (χ3n) is 6.53. The van der Waals surface area contributed by atoms with E-state index in [0.29, 0.717) is 42.1 Å². The summed E-state index contributed by atoms with van der Waals surface area (Å²) in [6.07, 6.45) is 3.77. The molecule has 0 aliphatic carbocycles. The Morgan fingerprint density at radius 2 is 1.84 bits per heavy atom. The molecule has 8 nitrogen and oxygen atoms in total. The summed E-state index contributed by atoms with van der Waals surface area (Å²) in [5.74, 6) is -0.707. The van der Waals surface area contributed by atoms with E-state index in [0.717, 1.165) is 37.1 Å². The highest BCUT2D eigenvalue weighted by Crippen LogP contribution is 2.30. The van der Waals surface area contributed by atoms with Crippen molar-refractivity contribution >= 4 is 34.1 Å². The minimum atomic E-state index is -0.647. The van der Waals surface area contributed by atoms with Crippen molar-refractivity contribution in [3.63, 3.8) is 0 Å². The largest absolute Gasteiger partial charge is 0.368 e. The lowest BCUT2D eigenvalue weighted by molar-refractivity contribution is -0.131. The smallest absolute Gasteiger partial charge is 0.227 e. The van der Waals surface area contributed by atoms with Gasteiger partial charge in [-0.15, -0.1) is 0 Å². The van der Waals surface area contributed by atoms with Gasteiger partial charge in [0.15, 0.2) is 0 Å². The summed E-state index contributed by atoms with van der Waals surface area (Å²) in [6.45, 7) is 3.77. The van der Waals surface area contributed by atoms with Crippen LogP contribution in [0.15, 0.2) is 54.9 Å². The van der Waals surface area contributed by atoms with Gasteiger partial charge >= 0.3 is 0 Å². The van der Waals surface area contributed by atoms with Gasteiger partial charge in [-0.25, -0.2) is 18.7 Å². The number of nitrogens with one attached hydrogen (secondary N) is 2. The number of aromatic amines is 1. The number of nitrogens with zero attached hydrogens (tertiary/aromatic N) is 5. The molecule has 0 saturated carbocycles. The van der Waals surface area contributed by atoms with E-state index in [9.17, 15) is 13.6 Å². The summed E-state index contributed by atoms with van der Waals surface area (Å²) in [5.41, 5.74) is 3.27. The van der Waals surface area contributed by atoms with Crippen LogP contribution in [0.2, 0.25) is 0 Å². The number of benzene rings is 2. The van der Waals surface area contributed by atoms with Gasteiger partial charge < -0.3 is 25.0 Å². The van der Waals surface area contributed by atoms with Gasteiger partial charge in [-0.3, -0.25) is 4.79 Å². The van der Waals surface area contributed by atoms with Crippen molar-refractivity contribution in [3.05, 3.63) is 66.5 Å². The lowest BCUT2D eigenvalue weighted by Crippen LogP contribution is -2.49. The zero-order valence-electron chi connectivity index (χ0n) is 20.8. The van der Waals surface area contributed by atoms with Crippen LogP contribution in [0.5, 0.6) is 0 Å². The number of hydrogen-bond acceptors (Lipinski definition) is 6. The quantitative estimate of drug-likeness (QED) is 0.391. The fourth-order valence-corrected chi connectivity index (χ4v) is 4.51. The predicted octanol–water partition coefficient (Wildman–Crippen LogP) is 4.25. The van der Waals surface area contributed by atoms with Crippen molar-refractivity contribution in [2.75, 3.05) is 57.0 Å². The van der Waals surface area contributed by atoms with Gasteiger partial charge in [0.1, 0.15) is 11.6 Å². The van der Waals surface area contributed by atoms with E-state index in [4.69, 9.17) is 0 Å². The summed E-state index contributed by atoms with van der Waals surface area (Å²) in [5, 5.41) is 3.62. The Morgan fingerprint density at radius 1 is 1.08 bits per heavy atom. The average Bonchev–Trinajstić information content (AvgIpc) is 3.32. The number of fused-ring (bicyclic) bond motifs is 1. The number of carbonyl (C=O) groups is 1. The van der Waals surface area contributed by atoms with E-state index in [1.165, 1.54) is 6.07 Å². The number of rotatable bonds is 7. The molecule has 2 N–H and O–H groups in total. The van der Waals surface area contributed by atoms with E-state index >= 15 is 0 Å². The molecule has 1 aliphatic rings. The number of anilines is 3. The molecule has 0 spiro atoms. The normalized spacial score (nSPS) is 14.0. The SMILES string of the molecule is CN(C)CCC(=O)N1CCN(c2ccc(Nc3nccc(-c4c[nH]c5c(F)cc(F)cc45)n3)cc2)CC1. The second-order valence-corrected chi connectivity index (χ2v) is 9.37. The number of H-pyrrole nitrogens is 1. The van der Waals surface area contributed by atoms with Gasteiger partial charge in [0.25, 0.3) is 0 Å². The highest BCUT2D eigenvalue weighted by molar-refractivity contribution is 5.95. The molecule has 2 aromatic carbocycles. The highest BCUT2D eigenvalue weighted by Gasteiger charge is 2.21. The molecule has 4 aromatic rings. The first kappa shape index (κ1) is 24.6. The Hall–Kier alpha value is -4.05. The Kier molecular flexibility index (Phi) is 7.00. The van der Waals surface area contributed by atoms with Crippen molar-refractivity contribution in [2.45, 2.75) is 6.42 Å². The molecule has 37 heavy (non-hydrogen) atoms. The molecule has 192 valence electrons. The molecule has 0 atom stereocenters. The Labute approximate surface area is 213 Å². The van der Waals surface area contributed by atoms with Gasteiger partial charge in [0.05, 0.1) is 11.2 Å². The van der Waals surface area contributed by atoms with Crippen LogP contribution in [0.4, 0.5) is 26.1 Å². The Morgan fingerprint density at radius 3 is 2.57 bits per heavy atom. The van der Waals surface area contributed by atoms with Crippen LogP contribution in [-0.2, 0) is 4.79 Å². The van der Waals surface area contributed by atoms with Crippen molar-refractivity contribution in [1.82, 2.24) is 24.8 Å². The molecule has 3 heterocycles. The summed E-state index contributed by atoms with van der Waals surface area (Å²) in [7, 11) is 3.95. The zero-order valence-corrected chi connectivity index (χ0v) is 20.8. The van der Waals surface area contributed by atoms with Crippen molar-refractivity contribution in [3.8, 4) is 11.3 Å². The molecule has 1 fully saturated rings. The minimum absolute atomic E-state index is 0.207. The predicted molar refractivity (Wildman–Crippen MR) is 141 cm³/mol. The van der Waals surface area contributed by atoms with E-state index in [1.807, 2.05) is 48.2 Å².